The highest BCUT2D eigenvalue weighted by Gasteiger charge is 2.18. The molecule has 2 aromatic rings. The van der Waals surface area contributed by atoms with Crippen molar-refractivity contribution in [1.82, 2.24) is 0 Å². The molecule has 2 atom stereocenters. The van der Waals surface area contributed by atoms with E-state index in [0.29, 0.717) is 6.42 Å². The first-order valence-electron chi connectivity index (χ1n) is 6.00. The van der Waals surface area contributed by atoms with E-state index in [0.717, 1.165) is 23.8 Å². The van der Waals surface area contributed by atoms with Gasteiger partial charge in [0.15, 0.2) is 0 Å². The minimum atomic E-state index is -0.899. The Hall–Kier alpha value is -1.78. The maximum atomic E-state index is 13.1. The van der Waals surface area contributed by atoms with Crippen molar-refractivity contribution in [2.75, 3.05) is 0 Å². The number of hydrogen-bond acceptors (Lipinski definition) is 2. The molecule has 0 bridgehead atoms. The lowest BCUT2D eigenvalue weighted by molar-refractivity contribution is 0.145. The van der Waals surface area contributed by atoms with Gasteiger partial charge in [0, 0.05) is 12.5 Å². The lowest BCUT2D eigenvalue weighted by atomic mass is 9.97. The van der Waals surface area contributed by atoms with Gasteiger partial charge in [-0.3, -0.25) is 0 Å². The molecule has 2 nitrogen and oxygen atoms in total. The van der Waals surface area contributed by atoms with Crippen molar-refractivity contribution in [3.63, 3.8) is 0 Å². The summed E-state index contributed by atoms with van der Waals surface area (Å²) in [5.74, 6) is -1.39. The third-order valence-corrected chi connectivity index (χ3v) is 2.97. The van der Waals surface area contributed by atoms with Crippen molar-refractivity contribution in [2.24, 2.45) is 5.73 Å². The Kier molecular flexibility index (Phi) is 4.24. The maximum absolute atomic E-state index is 13.1. The number of aliphatic hydroxyl groups excluding tert-OH is 1. The Balaban J connectivity index is 2.12. The Morgan fingerprint density at radius 1 is 1.00 bits per heavy atom. The molecule has 0 aliphatic heterocycles. The lowest BCUT2D eigenvalue weighted by Gasteiger charge is -2.19. The Morgan fingerprint density at radius 3 is 2.16 bits per heavy atom. The van der Waals surface area contributed by atoms with Gasteiger partial charge in [-0.05, 0) is 23.3 Å². The molecule has 0 radical (unpaired) electrons. The van der Waals surface area contributed by atoms with E-state index >= 15 is 0 Å². The Bertz CT molecular complexity index is 525. The summed E-state index contributed by atoms with van der Waals surface area (Å²) in [7, 11) is 0. The number of hydrogen-bond donors (Lipinski definition) is 2. The highest BCUT2D eigenvalue weighted by molar-refractivity contribution is 5.23. The van der Waals surface area contributed by atoms with Crippen LogP contribution in [0.4, 0.5) is 8.78 Å². The van der Waals surface area contributed by atoms with Gasteiger partial charge in [-0.2, -0.15) is 0 Å². The molecule has 19 heavy (non-hydrogen) atoms. The first-order valence-corrected chi connectivity index (χ1v) is 6.00. The summed E-state index contributed by atoms with van der Waals surface area (Å²) in [5, 5.41) is 10.0. The van der Waals surface area contributed by atoms with E-state index in [1.165, 1.54) is 0 Å². The zero-order chi connectivity index (χ0) is 13.8. The van der Waals surface area contributed by atoms with Crippen LogP contribution >= 0.6 is 0 Å². The third-order valence-electron chi connectivity index (χ3n) is 2.97. The molecule has 0 aliphatic carbocycles. The Morgan fingerprint density at radius 2 is 1.58 bits per heavy atom. The van der Waals surface area contributed by atoms with Gasteiger partial charge in [-0.1, -0.05) is 30.3 Å². The quantitative estimate of drug-likeness (QED) is 0.890. The number of benzene rings is 2. The molecule has 0 unspecified atom stereocenters. The van der Waals surface area contributed by atoms with Gasteiger partial charge >= 0.3 is 0 Å². The molecule has 0 spiro atoms. The van der Waals surface area contributed by atoms with Crippen molar-refractivity contribution < 1.29 is 13.9 Å². The predicted molar refractivity (Wildman–Crippen MR) is 69.4 cm³/mol. The fraction of sp³-hybridized carbons (Fsp3) is 0.200. The molecular formula is C15H15F2NO. The van der Waals surface area contributed by atoms with Gasteiger partial charge in [0.05, 0.1) is 12.1 Å². The fourth-order valence-corrected chi connectivity index (χ4v) is 1.97. The van der Waals surface area contributed by atoms with Crippen LogP contribution in [0.15, 0.2) is 48.5 Å². The normalized spacial score (nSPS) is 14.1. The maximum Gasteiger partial charge on any atom is 0.126 e. The van der Waals surface area contributed by atoms with Crippen LogP contribution in [0.25, 0.3) is 0 Å². The molecule has 0 saturated carbocycles. The highest BCUT2D eigenvalue weighted by Crippen LogP contribution is 2.19. The first-order chi connectivity index (χ1) is 9.06. The van der Waals surface area contributed by atoms with Crippen LogP contribution in [0.2, 0.25) is 0 Å². The van der Waals surface area contributed by atoms with E-state index in [1.807, 2.05) is 30.3 Å². The summed E-state index contributed by atoms with van der Waals surface area (Å²) >= 11 is 0. The van der Waals surface area contributed by atoms with Crippen LogP contribution in [-0.4, -0.2) is 11.2 Å². The molecule has 0 amide bonds. The van der Waals surface area contributed by atoms with Gasteiger partial charge < -0.3 is 10.8 Å². The molecule has 2 rings (SSSR count). The monoisotopic (exact) mass is 263 g/mol. The smallest absolute Gasteiger partial charge is 0.126 e. The van der Waals surface area contributed by atoms with Crippen LogP contribution in [0.3, 0.4) is 0 Å². The zero-order valence-electron chi connectivity index (χ0n) is 10.3. The summed E-state index contributed by atoms with van der Waals surface area (Å²) in [6.45, 7) is 0. The summed E-state index contributed by atoms with van der Waals surface area (Å²) in [6.07, 6.45) is -0.566. The Labute approximate surface area is 110 Å². The van der Waals surface area contributed by atoms with Crippen molar-refractivity contribution >= 4 is 0 Å². The summed E-state index contributed by atoms with van der Waals surface area (Å²) in [6, 6.07) is 11.5. The highest BCUT2D eigenvalue weighted by atomic mass is 19.1. The standard InChI is InChI=1S/C15H15F2NO/c16-12-7-11(8-13(17)9-12)15(18)14(19)6-10-4-2-1-3-5-10/h1-5,7-9,14-15,19H,6,18H2/t14-,15+/m0/s1. The number of rotatable bonds is 4. The second kappa shape index (κ2) is 5.91. The van der Waals surface area contributed by atoms with E-state index in [4.69, 9.17) is 5.73 Å². The van der Waals surface area contributed by atoms with Gasteiger partial charge in [0.1, 0.15) is 11.6 Å². The molecule has 0 aliphatic rings. The molecule has 0 heterocycles. The van der Waals surface area contributed by atoms with Crippen molar-refractivity contribution in [3.05, 3.63) is 71.3 Å². The number of nitrogens with two attached hydrogens (primary N) is 1. The molecule has 100 valence electrons. The second-order valence-electron chi connectivity index (χ2n) is 4.49. The van der Waals surface area contributed by atoms with Crippen LogP contribution in [-0.2, 0) is 6.42 Å². The average molecular weight is 263 g/mol. The fourth-order valence-electron chi connectivity index (χ4n) is 1.97. The van der Waals surface area contributed by atoms with Gasteiger partial charge in [-0.25, -0.2) is 8.78 Å². The molecule has 4 heteroatoms. The van der Waals surface area contributed by atoms with Crippen LogP contribution in [0.1, 0.15) is 17.2 Å². The van der Waals surface area contributed by atoms with Crippen molar-refractivity contribution in [1.29, 1.82) is 0 Å². The lowest BCUT2D eigenvalue weighted by Crippen LogP contribution is -2.28. The molecule has 3 N–H and O–H groups in total. The largest absolute Gasteiger partial charge is 0.391 e. The van der Waals surface area contributed by atoms with Crippen LogP contribution < -0.4 is 5.73 Å². The topological polar surface area (TPSA) is 46.2 Å². The molecule has 0 aromatic heterocycles. The van der Waals surface area contributed by atoms with E-state index < -0.39 is 23.8 Å². The number of halogens is 2. The third kappa shape index (κ3) is 3.59. The van der Waals surface area contributed by atoms with Crippen molar-refractivity contribution in [3.8, 4) is 0 Å². The van der Waals surface area contributed by atoms with Gasteiger partial charge in [0.25, 0.3) is 0 Å². The van der Waals surface area contributed by atoms with E-state index in [9.17, 15) is 13.9 Å². The van der Waals surface area contributed by atoms with Crippen molar-refractivity contribution in [2.45, 2.75) is 18.6 Å². The minimum absolute atomic E-state index is 0.251. The van der Waals surface area contributed by atoms with E-state index in [-0.39, 0.29) is 5.56 Å². The summed E-state index contributed by atoms with van der Waals surface area (Å²) in [4.78, 5) is 0. The average Bonchev–Trinajstić information content (AvgIpc) is 2.37. The summed E-state index contributed by atoms with van der Waals surface area (Å²) < 4.78 is 26.2. The zero-order valence-corrected chi connectivity index (χ0v) is 10.3. The van der Waals surface area contributed by atoms with E-state index in [1.54, 1.807) is 0 Å². The SMILES string of the molecule is N[C@H](c1cc(F)cc(F)c1)[C@@H](O)Cc1ccccc1. The predicted octanol–water partition coefficient (Wildman–Crippen LogP) is 2.57. The van der Waals surface area contributed by atoms with Gasteiger partial charge in [-0.15, -0.1) is 0 Å². The molecule has 2 aromatic carbocycles. The van der Waals surface area contributed by atoms with Crippen LogP contribution in [0.5, 0.6) is 0 Å². The van der Waals surface area contributed by atoms with Gasteiger partial charge in [0.2, 0.25) is 0 Å². The number of aliphatic hydroxyl groups is 1. The van der Waals surface area contributed by atoms with Crippen LogP contribution in [0, 0.1) is 11.6 Å². The van der Waals surface area contributed by atoms with E-state index in [2.05, 4.69) is 0 Å². The first kappa shape index (κ1) is 13.6. The second-order valence-corrected chi connectivity index (χ2v) is 4.49. The summed E-state index contributed by atoms with van der Waals surface area (Å²) in [5.41, 5.74) is 7.01. The molecular weight excluding hydrogens is 248 g/mol. The molecule has 0 saturated heterocycles. The minimum Gasteiger partial charge on any atom is -0.391 e. The molecule has 0 fully saturated rings.